The van der Waals surface area contributed by atoms with E-state index >= 15 is 0 Å². The number of phenols is 1. The Bertz CT molecular complexity index is 1490. The van der Waals surface area contributed by atoms with Gasteiger partial charge in [-0.15, -0.1) is 0 Å². The van der Waals surface area contributed by atoms with Gasteiger partial charge in [-0.2, -0.15) is 0 Å². The highest BCUT2D eigenvalue weighted by Gasteiger charge is 2.28. The molecule has 0 spiro atoms. The van der Waals surface area contributed by atoms with Crippen molar-refractivity contribution < 1.29 is 19.7 Å². The number of aliphatic hydroxyl groups is 2. The van der Waals surface area contributed by atoms with Crippen molar-refractivity contribution in [2.75, 3.05) is 32.7 Å². The molecule has 4 aromatic rings. The second-order valence-electron chi connectivity index (χ2n) is 13.6. The second-order valence-corrected chi connectivity index (χ2v) is 14.0. The number of likely N-dealkylation sites (tertiary alicyclic amines) is 2. The van der Waals surface area contributed by atoms with Gasteiger partial charge in [0.2, 0.25) is 0 Å². The van der Waals surface area contributed by atoms with Gasteiger partial charge in [-0.25, -0.2) is 4.39 Å². The van der Waals surface area contributed by atoms with Gasteiger partial charge in [0.15, 0.2) is 0 Å². The van der Waals surface area contributed by atoms with Gasteiger partial charge in [0.25, 0.3) is 0 Å². The van der Waals surface area contributed by atoms with Crippen LogP contribution in [0.4, 0.5) is 4.39 Å². The minimum atomic E-state index is -0.517. The molecule has 48 heavy (non-hydrogen) atoms. The molecule has 0 radical (unpaired) electrons. The van der Waals surface area contributed by atoms with Crippen LogP contribution in [0.1, 0.15) is 67.1 Å². The van der Waals surface area contributed by atoms with Crippen molar-refractivity contribution in [1.29, 1.82) is 0 Å². The Morgan fingerprint density at radius 1 is 0.688 bits per heavy atom. The van der Waals surface area contributed by atoms with Gasteiger partial charge >= 0.3 is 0 Å². The lowest BCUT2D eigenvalue weighted by atomic mass is 9.89. The van der Waals surface area contributed by atoms with E-state index in [1.54, 1.807) is 24.3 Å². The van der Waals surface area contributed by atoms with Gasteiger partial charge in [-0.3, -0.25) is 4.90 Å². The van der Waals surface area contributed by atoms with E-state index in [1.165, 1.54) is 36.1 Å². The van der Waals surface area contributed by atoms with E-state index in [2.05, 4.69) is 47.1 Å². The number of benzene rings is 4. The van der Waals surface area contributed by atoms with Gasteiger partial charge in [-0.1, -0.05) is 78.3 Å². The molecule has 0 amide bonds. The van der Waals surface area contributed by atoms with Crippen LogP contribution in [-0.4, -0.2) is 63.9 Å². The number of hydrogen-bond donors (Lipinski definition) is 3. The summed E-state index contributed by atoms with van der Waals surface area (Å²) in [6, 6.07) is 31.9. The van der Waals surface area contributed by atoms with Gasteiger partial charge < -0.3 is 20.2 Å². The van der Waals surface area contributed by atoms with Crippen LogP contribution >= 0.6 is 11.6 Å². The quantitative estimate of drug-likeness (QED) is 0.158. The molecule has 0 aromatic heterocycles. The van der Waals surface area contributed by atoms with Crippen molar-refractivity contribution in [3.8, 4) is 5.75 Å². The fraction of sp³-hybridized carbons (Fsp3) is 0.415. The lowest BCUT2D eigenvalue weighted by Gasteiger charge is -2.38. The van der Waals surface area contributed by atoms with E-state index in [0.717, 1.165) is 68.9 Å². The van der Waals surface area contributed by atoms with Crippen molar-refractivity contribution in [1.82, 2.24) is 9.80 Å². The van der Waals surface area contributed by atoms with E-state index in [1.807, 2.05) is 36.4 Å². The summed E-state index contributed by atoms with van der Waals surface area (Å²) in [6.07, 6.45) is 5.77. The minimum Gasteiger partial charge on any atom is -0.508 e. The average Bonchev–Trinajstić information content (AvgIpc) is 3.11. The van der Waals surface area contributed by atoms with Crippen LogP contribution in [0.25, 0.3) is 0 Å². The highest BCUT2D eigenvalue weighted by Crippen LogP contribution is 2.29. The Kier molecular flexibility index (Phi) is 13.5. The molecule has 5 nitrogen and oxygen atoms in total. The van der Waals surface area contributed by atoms with Gasteiger partial charge in [0.05, 0.1) is 12.2 Å². The zero-order valence-corrected chi connectivity index (χ0v) is 28.7. The molecule has 2 aliphatic heterocycles. The minimum absolute atomic E-state index is 0.0900. The SMILES string of the molecule is CC(C(O)c1ccc(O)cc1)N1CCC(Cc2ccccc2)CC1.OC(CN1CCC(Cc2ccc(F)cc2)CC1)c1ccc(Cl)cc1. The number of phenolic OH excluding ortho intramolecular Hbond substituents is 1. The van der Waals surface area contributed by atoms with Crippen LogP contribution in [0.3, 0.4) is 0 Å². The number of nitrogens with zero attached hydrogens (tertiary/aromatic N) is 2. The zero-order valence-electron chi connectivity index (χ0n) is 28.0. The van der Waals surface area contributed by atoms with Crippen LogP contribution in [-0.2, 0) is 12.8 Å². The maximum Gasteiger partial charge on any atom is 0.123 e. The van der Waals surface area contributed by atoms with Crippen LogP contribution < -0.4 is 0 Å². The molecular weight excluding hydrogens is 623 g/mol. The third-order valence-electron chi connectivity index (χ3n) is 10.1. The molecule has 3 N–H and O–H groups in total. The summed E-state index contributed by atoms with van der Waals surface area (Å²) in [5.74, 6) is 1.44. The van der Waals surface area contributed by atoms with E-state index < -0.39 is 12.2 Å². The summed E-state index contributed by atoms with van der Waals surface area (Å²) in [6.45, 7) is 6.81. The van der Waals surface area contributed by atoms with Crippen molar-refractivity contribution in [3.63, 3.8) is 0 Å². The summed E-state index contributed by atoms with van der Waals surface area (Å²) < 4.78 is 13.0. The fourth-order valence-corrected chi connectivity index (χ4v) is 7.15. The number of aromatic hydroxyl groups is 1. The van der Waals surface area contributed by atoms with Crippen molar-refractivity contribution in [2.45, 2.75) is 63.7 Å². The Labute approximate surface area is 290 Å². The Morgan fingerprint density at radius 2 is 1.21 bits per heavy atom. The molecule has 3 unspecified atom stereocenters. The molecule has 0 saturated carbocycles. The molecule has 7 heteroatoms. The predicted octanol–water partition coefficient (Wildman–Crippen LogP) is 8.24. The smallest absolute Gasteiger partial charge is 0.123 e. The number of rotatable bonds is 10. The first-order valence-electron chi connectivity index (χ1n) is 17.4. The average molecular weight is 673 g/mol. The standard InChI is InChI=1S/C21H27NO2.C20H23ClFNO/c1-16(21(24)19-7-9-20(23)10-8-19)22-13-11-18(12-14-22)15-17-5-3-2-4-6-17;21-18-5-3-17(4-6-18)20(24)14-23-11-9-16(10-12-23)13-15-1-7-19(22)8-2-15/h2-10,16,18,21,23-24H,11-15H2,1H3;1-8,16,20,24H,9-14H2. The second kappa shape index (κ2) is 17.9. The molecule has 4 aromatic carbocycles. The maximum absolute atomic E-state index is 13.0. The highest BCUT2D eigenvalue weighted by atomic mass is 35.5. The van der Waals surface area contributed by atoms with E-state index in [0.29, 0.717) is 17.5 Å². The van der Waals surface area contributed by atoms with Crippen LogP contribution in [0.15, 0.2) is 103 Å². The Balaban J connectivity index is 0.000000188. The molecule has 2 aliphatic rings. The maximum atomic E-state index is 13.0. The third-order valence-corrected chi connectivity index (χ3v) is 10.4. The molecule has 6 rings (SSSR count). The summed E-state index contributed by atoms with van der Waals surface area (Å²) >= 11 is 5.89. The molecule has 0 aliphatic carbocycles. The molecule has 2 saturated heterocycles. The molecule has 0 bridgehead atoms. The van der Waals surface area contributed by atoms with Crippen LogP contribution in [0.5, 0.6) is 5.75 Å². The van der Waals surface area contributed by atoms with Crippen molar-refractivity contribution in [2.24, 2.45) is 11.8 Å². The number of hydrogen-bond acceptors (Lipinski definition) is 5. The van der Waals surface area contributed by atoms with Crippen LogP contribution in [0.2, 0.25) is 5.02 Å². The molecule has 256 valence electrons. The summed E-state index contributed by atoms with van der Waals surface area (Å²) in [5, 5.41) is 31.1. The lowest BCUT2D eigenvalue weighted by Crippen LogP contribution is -2.43. The first-order valence-corrected chi connectivity index (χ1v) is 17.8. The van der Waals surface area contributed by atoms with E-state index in [4.69, 9.17) is 11.6 Å². The van der Waals surface area contributed by atoms with Gasteiger partial charge in [0, 0.05) is 17.6 Å². The largest absolute Gasteiger partial charge is 0.508 e. The Morgan fingerprint density at radius 3 is 1.79 bits per heavy atom. The van der Waals surface area contributed by atoms with Crippen molar-refractivity contribution >= 4 is 11.6 Å². The monoisotopic (exact) mass is 672 g/mol. The summed E-state index contributed by atoms with van der Waals surface area (Å²) in [7, 11) is 0. The van der Waals surface area contributed by atoms with E-state index in [-0.39, 0.29) is 17.6 Å². The molecular formula is C41H50ClFN2O3. The van der Waals surface area contributed by atoms with Gasteiger partial charge in [-0.05, 0) is 142 Å². The lowest BCUT2D eigenvalue weighted by molar-refractivity contribution is 0.0373. The number of β-amino-alcohol motifs (C(OH)–C–C–N with tert-alkyl or cyclic N) is 1. The van der Waals surface area contributed by atoms with Crippen LogP contribution in [0, 0.1) is 17.7 Å². The molecule has 2 fully saturated rings. The van der Waals surface area contributed by atoms with E-state index in [9.17, 15) is 19.7 Å². The Hall–Kier alpha value is -3.26. The molecule has 3 atom stereocenters. The molecule has 2 heterocycles. The first kappa shape index (κ1) is 36.0. The number of piperidine rings is 2. The topological polar surface area (TPSA) is 67.2 Å². The predicted molar refractivity (Wildman–Crippen MR) is 193 cm³/mol. The normalized spacial score (nSPS) is 18.4. The highest BCUT2D eigenvalue weighted by molar-refractivity contribution is 6.30. The number of aliphatic hydroxyl groups excluding tert-OH is 2. The number of halogens is 2. The third kappa shape index (κ3) is 10.9. The summed E-state index contributed by atoms with van der Waals surface area (Å²) in [5.41, 5.74) is 4.41. The summed E-state index contributed by atoms with van der Waals surface area (Å²) in [4.78, 5) is 4.71. The fourth-order valence-electron chi connectivity index (χ4n) is 7.02. The zero-order chi connectivity index (χ0) is 33.9. The van der Waals surface area contributed by atoms with Gasteiger partial charge in [0.1, 0.15) is 11.6 Å². The van der Waals surface area contributed by atoms with Crippen molar-refractivity contribution in [3.05, 3.63) is 136 Å². The first-order chi connectivity index (χ1) is 23.2.